The van der Waals surface area contributed by atoms with Crippen molar-refractivity contribution in [3.8, 4) is 11.8 Å². The van der Waals surface area contributed by atoms with E-state index in [2.05, 4.69) is 21.7 Å². The van der Waals surface area contributed by atoms with E-state index < -0.39 is 0 Å². The third-order valence-electron chi connectivity index (χ3n) is 5.16. The van der Waals surface area contributed by atoms with Crippen LogP contribution in [0.3, 0.4) is 0 Å². The number of methoxy groups -OCH3 is 1. The molecule has 0 unspecified atom stereocenters. The molecule has 8 nitrogen and oxygen atoms in total. The molecule has 32 heavy (non-hydrogen) atoms. The summed E-state index contributed by atoms with van der Waals surface area (Å²) in [6, 6.07) is 22.4. The smallest absolute Gasteiger partial charge is 0.244 e. The molecule has 0 bridgehead atoms. The Hall–Kier alpha value is -4.64. The third-order valence-corrected chi connectivity index (χ3v) is 5.16. The number of carbonyl (C=O) groups excluding carboxylic acids is 1. The Labute approximate surface area is 184 Å². The molecule has 0 saturated carbocycles. The molecular formula is C24H18N6O2. The fourth-order valence-corrected chi connectivity index (χ4v) is 3.70. The molecule has 3 aromatic carbocycles. The number of anilines is 5. The van der Waals surface area contributed by atoms with E-state index in [1.54, 1.807) is 31.4 Å². The molecule has 1 aliphatic heterocycles. The van der Waals surface area contributed by atoms with Gasteiger partial charge in [0.2, 0.25) is 11.9 Å². The van der Waals surface area contributed by atoms with Crippen LogP contribution in [-0.4, -0.2) is 29.5 Å². The monoisotopic (exact) mass is 422 g/mol. The predicted octanol–water partition coefficient (Wildman–Crippen LogP) is 4.34. The average molecular weight is 422 g/mol. The lowest BCUT2D eigenvalue weighted by Crippen LogP contribution is -2.35. The van der Waals surface area contributed by atoms with Crippen molar-refractivity contribution in [2.24, 2.45) is 0 Å². The van der Waals surface area contributed by atoms with Gasteiger partial charge in [-0.15, -0.1) is 0 Å². The first-order chi connectivity index (χ1) is 15.6. The third kappa shape index (κ3) is 3.52. The summed E-state index contributed by atoms with van der Waals surface area (Å²) >= 11 is 0. The summed E-state index contributed by atoms with van der Waals surface area (Å²) in [6.45, 7) is 0.115. The van der Waals surface area contributed by atoms with Gasteiger partial charge in [0.05, 0.1) is 35.6 Å². The normalized spacial score (nSPS) is 12.6. The van der Waals surface area contributed by atoms with Crippen LogP contribution in [0.1, 0.15) is 5.56 Å². The summed E-state index contributed by atoms with van der Waals surface area (Å²) in [4.78, 5) is 23.8. The number of hydrogen-bond donors (Lipinski definition) is 2. The van der Waals surface area contributed by atoms with E-state index in [9.17, 15) is 10.1 Å². The van der Waals surface area contributed by atoms with Gasteiger partial charge in [-0.1, -0.05) is 18.2 Å². The van der Waals surface area contributed by atoms with Crippen LogP contribution in [0.2, 0.25) is 0 Å². The molecule has 0 fully saturated rings. The number of para-hydroxylation sites is 1. The number of nitriles is 1. The van der Waals surface area contributed by atoms with Crippen LogP contribution in [0, 0.1) is 11.3 Å². The van der Waals surface area contributed by atoms with Crippen LogP contribution < -0.4 is 20.3 Å². The highest BCUT2D eigenvalue weighted by molar-refractivity contribution is 6.06. The highest BCUT2D eigenvalue weighted by Gasteiger charge is 2.26. The van der Waals surface area contributed by atoms with Crippen molar-refractivity contribution < 1.29 is 9.53 Å². The molecule has 2 heterocycles. The van der Waals surface area contributed by atoms with E-state index in [1.807, 2.05) is 47.4 Å². The topological polar surface area (TPSA) is 103 Å². The molecule has 2 N–H and O–H groups in total. The minimum atomic E-state index is -0.148. The van der Waals surface area contributed by atoms with Gasteiger partial charge in [0.25, 0.3) is 0 Å². The Balaban J connectivity index is 1.64. The number of benzene rings is 3. The predicted molar refractivity (Wildman–Crippen MR) is 123 cm³/mol. The number of fused-ring (bicyclic) bond motifs is 2. The zero-order valence-corrected chi connectivity index (χ0v) is 17.2. The van der Waals surface area contributed by atoms with Gasteiger partial charge in [-0.25, -0.2) is 4.98 Å². The van der Waals surface area contributed by atoms with Crippen LogP contribution in [0.25, 0.3) is 10.9 Å². The van der Waals surface area contributed by atoms with Gasteiger partial charge in [-0.05, 0) is 42.5 Å². The van der Waals surface area contributed by atoms with Crippen LogP contribution in [0.4, 0.5) is 28.8 Å². The van der Waals surface area contributed by atoms with Gasteiger partial charge in [0, 0.05) is 17.1 Å². The van der Waals surface area contributed by atoms with Crippen molar-refractivity contribution in [1.29, 1.82) is 5.26 Å². The Morgan fingerprint density at radius 3 is 2.81 bits per heavy atom. The molecule has 1 aromatic heterocycles. The second kappa shape index (κ2) is 7.89. The summed E-state index contributed by atoms with van der Waals surface area (Å²) < 4.78 is 5.30. The first kappa shape index (κ1) is 19.3. The first-order valence-corrected chi connectivity index (χ1v) is 9.94. The molecule has 0 aliphatic carbocycles. The second-order valence-corrected chi connectivity index (χ2v) is 7.22. The molecule has 0 spiro atoms. The van der Waals surface area contributed by atoms with Crippen LogP contribution in [-0.2, 0) is 4.79 Å². The summed E-state index contributed by atoms with van der Waals surface area (Å²) in [5.74, 6) is 1.48. The van der Waals surface area contributed by atoms with Crippen LogP contribution in [0.15, 0.2) is 66.7 Å². The van der Waals surface area contributed by atoms with Gasteiger partial charge >= 0.3 is 0 Å². The Bertz CT molecular complexity index is 1400. The van der Waals surface area contributed by atoms with E-state index in [1.165, 1.54) is 0 Å². The SMILES string of the molecule is COc1ccc2c(c1)NC(=O)CN2c1nc(Nc2cccc(C#N)c2)nc2ccccc12. The molecule has 8 heteroatoms. The minimum Gasteiger partial charge on any atom is -0.497 e. The summed E-state index contributed by atoms with van der Waals surface area (Å²) in [7, 11) is 1.58. The molecule has 0 atom stereocenters. The van der Waals surface area contributed by atoms with E-state index >= 15 is 0 Å². The lowest BCUT2D eigenvalue weighted by atomic mass is 10.1. The van der Waals surface area contributed by atoms with Crippen molar-refractivity contribution in [2.75, 3.05) is 29.2 Å². The first-order valence-electron chi connectivity index (χ1n) is 9.94. The number of hydrogen-bond acceptors (Lipinski definition) is 7. The maximum absolute atomic E-state index is 12.5. The van der Waals surface area contributed by atoms with Crippen molar-refractivity contribution in [1.82, 2.24) is 9.97 Å². The van der Waals surface area contributed by atoms with E-state index in [0.717, 1.165) is 16.6 Å². The fourth-order valence-electron chi connectivity index (χ4n) is 3.70. The van der Waals surface area contributed by atoms with Crippen LogP contribution in [0.5, 0.6) is 5.75 Å². The van der Waals surface area contributed by atoms with Crippen molar-refractivity contribution in [3.63, 3.8) is 0 Å². The Morgan fingerprint density at radius 2 is 1.97 bits per heavy atom. The standard InChI is InChI=1S/C24H18N6O2/c1-32-17-9-10-21-20(12-17)27-22(31)14-30(21)23-18-7-2-3-8-19(18)28-24(29-23)26-16-6-4-5-15(11-16)13-25/h2-12H,14H2,1H3,(H,27,31)(H,26,28,29). The van der Waals surface area contributed by atoms with Gasteiger partial charge in [0.1, 0.15) is 18.1 Å². The number of ether oxygens (including phenoxy) is 1. The molecule has 156 valence electrons. The van der Waals surface area contributed by atoms with Gasteiger partial charge in [-0.2, -0.15) is 10.2 Å². The fraction of sp³-hybridized carbons (Fsp3) is 0.0833. The summed E-state index contributed by atoms with van der Waals surface area (Å²) in [6.07, 6.45) is 0. The Kier molecular flexibility index (Phi) is 4.76. The van der Waals surface area contributed by atoms with E-state index in [0.29, 0.717) is 34.5 Å². The maximum atomic E-state index is 12.5. The van der Waals surface area contributed by atoms with Gasteiger partial charge in [0.15, 0.2) is 0 Å². The number of nitrogens with zero attached hydrogens (tertiary/aromatic N) is 4. The molecule has 0 saturated heterocycles. The van der Waals surface area contributed by atoms with E-state index in [-0.39, 0.29) is 12.5 Å². The molecule has 5 rings (SSSR count). The lowest BCUT2D eigenvalue weighted by molar-refractivity contribution is -0.115. The summed E-state index contributed by atoms with van der Waals surface area (Å²) in [5, 5.41) is 16.1. The number of carbonyl (C=O) groups is 1. The molecule has 0 radical (unpaired) electrons. The highest BCUT2D eigenvalue weighted by atomic mass is 16.5. The van der Waals surface area contributed by atoms with Gasteiger partial charge < -0.3 is 20.3 Å². The van der Waals surface area contributed by atoms with Crippen molar-refractivity contribution in [2.45, 2.75) is 0 Å². The van der Waals surface area contributed by atoms with Crippen molar-refractivity contribution in [3.05, 3.63) is 72.3 Å². The summed E-state index contributed by atoms with van der Waals surface area (Å²) in [5.41, 5.74) is 3.43. The number of nitrogens with one attached hydrogen (secondary N) is 2. The minimum absolute atomic E-state index is 0.115. The zero-order valence-electron chi connectivity index (χ0n) is 17.2. The largest absolute Gasteiger partial charge is 0.497 e. The molecule has 1 amide bonds. The number of aromatic nitrogens is 2. The average Bonchev–Trinajstić information content (AvgIpc) is 2.82. The van der Waals surface area contributed by atoms with Crippen molar-refractivity contribution >= 4 is 45.6 Å². The zero-order chi connectivity index (χ0) is 22.1. The second-order valence-electron chi connectivity index (χ2n) is 7.22. The molecule has 1 aliphatic rings. The van der Waals surface area contributed by atoms with Crippen LogP contribution >= 0.6 is 0 Å². The Morgan fingerprint density at radius 1 is 1.09 bits per heavy atom. The maximum Gasteiger partial charge on any atom is 0.244 e. The number of rotatable bonds is 4. The molecular weight excluding hydrogens is 404 g/mol. The quantitative estimate of drug-likeness (QED) is 0.504. The van der Waals surface area contributed by atoms with Gasteiger partial charge in [-0.3, -0.25) is 4.79 Å². The van der Waals surface area contributed by atoms with E-state index in [4.69, 9.17) is 9.72 Å². The highest BCUT2D eigenvalue weighted by Crippen LogP contribution is 2.39. The number of amides is 1. The molecule has 4 aromatic rings. The lowest BCUT2D eigenvalue weighted by Gasteiger charge is -2.31.